The van der Waals surface area contributed by atoms with E-state index in [1.165, 1.54) is 0 Å². The molecule has 2 N–H and O–H groups in total. The number of phenols is 1. The van der Waals surface area contributed by atoms with Gasteiger partial charge in [-0.1, -0.05) is 42.5 Å². The van der Waals surface area contributed by atoms with Crippen LogP contribution in [0, 0.1) is 0 Å². The van der Waals surface area contributed by atoms with Crippen molar-refractivity contribution >= 4 is 23.5 Å². The first-order valence-corrected chi connectivity index (χ1v) is 14.4. The van der Waals surface area contributed by atoms with Crippen LogP contribution in [0.4, 0.5) is 10.5 Å². The van der Waals surface area contributed by atoms with Crippen LogP contribution in [-0.2, 0) is 22.6 Å². The Hall–Kier alpha value is -4.31. The minimum Gasteiger partial charge on any atom is -0.508 e. The van der Waals surface area contributed by atoms with Crippen molar-refractivity contribution in [1.82, 2.24) is 25.1 Å². The number of hydrogen-bond donors (Lipinski definition) is 2. The van der Waals surface area contributed by atoms with Crippen molar-refractivity contribution in [1.29, 1.82) is 0 Å². The van der Waals surface area contributed by atoms with Crippen LogP contribution in [0.1, 0.15) is 30.9 Å². The number of allylic oxidation sites excluding steroid dienone is 2. The molecular formula is C32H40N6O4. The first-order chi connectivity index (χ1) is 20.1. The monoisotopic (exact) mass is 572 g/mol. The summed E-state index contributed by atoms with van der Waals surface area (Å²) >= 11 is 0. The van der Waals surface area contributed by atoms with E-state index in [0.29, 0.717) is 13.1 Å². The molecule has 0 spiro atoms. The third kappa shape index (κ3) is 5.99. The lowest BCUT2D eigenvalue weighted by Crippen LogP contribution is -2.78. The molecule has 2 fully saturated rings. The summed E-state index contributed by atoms with van der Waals surface area (Å²) in [5.41, 5.74) is 3.83. The van der Waals surface area contributed by atoms with Crippen LogP contribution in [0.2, 0.25) is 0 Å². The number of carbonyl (C=O) groups is 3. The molecule has 10 heteroatoms. The van der Waals surface area contributed by atoms with Crippen molar-refractivity contribution in [3.05, 3.63) is 83.5 Å². The number of anilines is 1. The largest absolute Gasteiger partial charge is 0.508 e. The number of phenolic OH excluding ortho intramolecular Hbond substituents is 1. The number of hydrazine groups is 1. The van der Waals surface area contributed by atoms with Crippen molar-refractivity contribution in [2.75, 3.05) is 39.1 Å². The van der Waals surface area contributed by atoms with Gasteiger partial charge in [0.05, 0.1) is 12.6 Å². The Bertz CT molecular complexity index is 1390. The third-order valence-electron chi connectivity index (χ3n) is 8.25. The number of nitrogens with one attached hydrogen (secondary N) is 1. The third-order valence-corrected chi connectivity index (χ3v) is 8.25. The summed E-state index contributed by atoms with van der Waals surface area (Å²) in [5, 5.41) is 16.1. The Labute approximate surface area is 247 Å². The van der Waals surface area contributed by atoms with Gasteiger partial charge in [-0.2, -0.15) is 0 Å². The molecular weight excluding hydrogens is 532 g/mol. The number of carbonyl (C=O) groups excluding carboxylic acids is 3. The molecule has 5 rings (SSSR count). The number of likely N-dealkylation sites (N-methyl/N-ethyl adjacent to an activating group) is 1. The molecule has 2 aromatic carbocycles. The van der Waals surface area contributed by atoms with Crippen molar-refractivity contribution in [3.8, 4) is 5.75 Å². The first-order valence-electron chi connectivity index (χ1n) is 14.4. The van der Waals surface area contributed by atoms with Gasteiger partial charge in [-0.15, -0.1) is 0 Å². The van der Waals surface area contributed by atoms with E-state index in [9.17, 15) is 19.5 Å². The SMILES string of the molecule is C[C@H]1[C@H]2N(C(=O)CN(C)N2C(=O)NCC2=CCCC=C2)[C@@H](Cc2ccc(O)cc2)C(=O)N1Cc1cccc(N(C)C)c1. The first kappa shape index (κ1) is 29.2. The number of fused-ring (bicyclic) bond motifs is 1. The van der Waals surface area contributed by atoms with Crippen LogP contribution in [-0.4, -0.2) is 95.3 Å². The van der Waals surface area contributed by atoms with Gasteiger partial charge in [0.2, 0.25) is 11.8 Å². The zero-order chi connectivity index (χ0) is 30.0. The highest BCUT2D eigenvalue weighted by Gasteiger charge is 2.54. The zero-order valence-corrected chi connectivity index (χ0v) is 24.7. The Morgan fingerprint density at radius 1 is 1.07 bits per heavy atom. The normalized spacial score (nSPS) is 22.6. The molecule has 1 aliphatic carbocycles. The van der Waals surface area contributed by atoms with E-state index in [4.69, 9.17) is 0 Å². The van der Waals surface area contributed by atoms with Gasteiger partial charge in [-0.3, -0.25) is 9.59 Å². The summed E-state index contributed by atoms with van der Waals surface area (Å²) in [4.78, 5) is 47.1. The number of urea groups is 1. The molecule has 0 saturated carbocycles. The van der Waals surface area contributed by atoms with Crippen LogP contribution in [0.15, 0.2) is 72.3 Å². The maximum absolute atomic E-state index is 14.2. The number of benzene rings is 2. The van der Waals surface area contributed by atoms with E-state index in [-0.39, 0.29) is 36.6 Å². The summed E-state index contributed by atoms with van der Waals surface area (Å²) in [5.74, 6) is -0.246. The number of nitrogens with zero attached hydrogens (tertiary/aromatic N) is 5. The molecule has 2 aromatic rings. The van der Waals surface area contributed by atoms with Gasteiger partial charge in [0.1, 0.15) is 18.0 Å². The molecule has 2 aliphatic heterocycles. The summed E-state index contributed by atoms with van der Waals surface area (Å²) < 4.78 is 0. The second-order valence-electron chi connectivity index (χ2n) is 11.4. The zero-order valence-electron chi connectivity index (χ0n) is 24.7. The van der Waals surface area contributed by atoms with Crippen molar-refractivity contribution < 1.29 is 19.5 Å². The van der Waals surface area contributed by atoms with Gasteiger partial charge in [0.25, 0.3) is 0 Å². The Kier molecular flexibility index (Phi) is 8.54. The average molecular weight is 573 g/mol. The highest BCUT2D eigenvalue weighted by molar-refractivity contribution is 5.92. The van der Waals surface area contributed by atoms with Gasteiger partial charge < -0.3 is 25.1 Å². The highest BCUT2D eigenvalue weighted by Crippen LogP contribution is 2.33. The van der Waals surface area contributed by atoms with E-state index in [2.05, 4.69) is 23.5 Å². The van der Waals surface area contributed by atoms with Gasteiger partial charge in [0.15, 0.2) is 0 Å². The summed E-state index contributed by atoms with van der Waals surface area (Å²) in [6, 6.07) is 13.1. The van der Waals surface area contributed by atoms with Gasteiger partial charge >= 0.3 is 6.03 Å². The fourth-order valence-corrected chi connectivity index (χ4v) is 6.01. The fraction of sp³-hybridized carbons (Fsp3) is 0.406. The number of hydrogen-bond acceptors (Lipinski definition) is 6. The lowest BCUT2D eigenvalue weighted by atomic mass is 9.94. The summed E-state index contributed by atoms with van der Waals surface area (Å²) in [7, 11) is 5.68. The second-order valence-corrected chi connectivity index (χ2v) is 11.4. The smallest absolute Gasteiger partial charge is 0.334 e. The van der Waals surface area contributed by atoms with Gasteiger partial charge in [0, 0.05) is 46.3 Å². The Morgan fingerprint density at radius 2 is 1.83 bits per heavy atom. The molecule has 222 valence electrons. The molecule has 2 saturated heterocycles. The number of aromatic hydroxyl groups is 1. The van der Waals surface area contributed by atoms with Crippen LogP contribution in [0.3, 0.4) is 0 Å². The minimum absolute atomic E-state index is 0.0243. The number of piperazine rings is 1. The molecule has 4 amide bonds. The van der Waals surface area contributed by atoms with Crippen molar-refractivity contribution in [2.24, 2.45) is 0 Å². The highest BCUT2D eigenvalue weighted by atomic mass is 16.3. The van der Waals surface area contributed by atoms with Gasteiger partial charge in [-0.05, 0) is 60.7 Å². The number of rotatable bonds is 7. The molecule has 0 aromatic heterocycles. The number of amides is 4. The molecule has 3 aliphatic rings. The molecule has 3 atom stereocenters. The van der Waals surface area contributed by atoms with Crippen molar-refractivity contribution in [3.63, 3.8) is 0 Å². The summed E-state index contributed by atoms with van der Waals surface area (Å²) in [6.45, 7) is 2.60. The molecule has 42 heavy (non-hydrogen) atoms. The molecule has 2 heterocycles. The molecule has 0 radical (unpaired) electrons. The lowest BCUT2D eigenvalue weighted by Gasteiger charge is -2.57. The predicted octanol–water partition coefficient (Wildman–Crippen LogP) is 3.10. The summed E-state index contributed by atoms with van der Waals surface area (Å²) in [6.07, 6.45) is 7.74. The molecule has 0 bridgehead atoms. The average Bonchev–Trinajstić information content (AvgIpc) is 2.98. The minimum atomic E-state index is -0.812. The van der Waals surface area contributed by atoms with Crippen LogP contribution in [0.25, 0.3) is 0 Å². The topological polar surface area (TPSA) is 99.7 Å². The fourth-order valence-electron chi connectivity index (χ4n) is 6.01. The van der Waals surface area contributed by atoms with Crippen molar-refractivity contribution in [2.45, 2.75) is 51.0 Å². The van der Waals surface area contributed by atoms with E-state index >= 15 is 0 Å². The Morgan fingerprint density at radius 3 is 2.52 bits per heavy atom. The quantitative estimate of drug-likeness (QED) is 0.529. The van der Waals surface area contributed by atoms with E-state index < -0.39 is 18.2 Å². The van der Waals surface area contributed by atoms with Crippen LogP contribution < -0.4 is 10.2 Å². The molecule has 0 unspecified atom stereocenters. The maximum Gasteiger partial charge on any atom is 0.334 e. The standard InChI is InChI=1S/C32H40N6O4/c1-22-30-37(29(40)21-35(4)38(30)32(42)33-19-24-9-6-5-7-10-24)28(18-23-13-15-27(39)16-14-23)31(41)36(22)20-25-11-8-12-26(17-25)34(2)3/h6,8-17,22,28,30,39H,5,7,18-21H2,1-4H3,(H,33,42)/t22-,28-,30-/m0/s1. The second kappa shape index (κ2) is 12.3. The van der Waals surface area contributed by atoms with E-state index in [0.717, 1.165) is 35.2 Å². The van der Waals surface area contributed by atoms with E-state index in [1.807, 2.05) is 50.2 Å². The van der Waals surface area contributed by atoms with Crippen LogP contribution in [0.5, 0.6) is 5.75 Å². The van der Waals surface area contributed by atoms with Crippen LogP contribution >= 0.6 is 0 Å². The van der Waals surface area contributed by atoms with E-state index in [1.54, 1.807) is 51.1 Å². The molecule has 10 nitrogen and oxygen atoms in total. The lowest BCUT2D eigenvalue weighted by molar-refractivity contribution is -0.196. The maximum atomic E-state index is 14.2. The predicted molar refractivity (Wildman–Crippen MR) is 161 cm³/mol. The van der Waals surface area contributed by atoms with Gasteiger partial charge in [-0.25, -0.2) is 14.8 Å². The Balaban J connectivity index is 1.49.